The molecule has 1 unspecified atom stereocenters. The fraction of sp³-hybridized carbons (Fsp3) is 0.138. The highest BCUT2D eigenvalue weighted by Crippen LogP contribution is 2.30. The molecule has 0 saturated heterocycles. The molecular weight excluding hydrogens is 447 g/mol. The van der Waals surface area contributed by atoms with Crippen LogP contribution in [0, 0.1) is 5.82 Å². The van der Waals surface area contributed by atoms with Crippen molar-refractivity contribution in [1.82, 2.24) is 0 Å². The van der Waals surface area contributed by atoms with Gasteiger partial charge in [0.15, 0.2) is 0 Å². The third-order valence-corrected chi connectivity index (χ3v) is 5.28. The Bertz CT molecular complexity index is 1210. The molecular formula is C29H25FO5. The highest BCUT2D eigenvalue weighted by atomic mass is 19.1. The molecule has 178 valence electrons. The number of methoxy groups -OCH3 is 1. The zero-order valence-electron chi connectivity index (χ0n) is 19.2. The van der Waals surface area contributed by atoms with Gasteiger partial charge in [-0.2, -0.15) is 0 Å². The summed E-state index contributed by atoms with van der Waals surface area (Å²) in [6.45, 7) is 0.635. The molecule has 0 aliphatic carbocycles. The van der Waals surface area contributed by atoms with Crippen molar-refractivity contribution in [2.45, 2.75) is 5.92 Å². The lowest BCUT2D eigenvalue weighted by atomic mass is 9.91. The van der Waals surface area contributed by atoms with Gasteiger partial charge < -0.3 is 18.9 Å². The minimum Gasteiger partial charge on any atom is -0.490 e. The Hall–Kier alpha value is -4.32. The summed E-state index contributed by atoms with van der Waals surface area (Å²) in [7, 11) is 1.38. The summed E-state index contributed by atoms with van der Waals surface area (Å²) < 4.78 is 35.1. The number of carbonyl (C=O) groups is 1. The van der Waals surface area contributed by atoms with Crippen LogP contribution >= 0.6 is 0 Å². The zero-order valence-corrected chi connectivity index (χ0v) is 19.2. The van der Waals surface area contributed by atoms with Crippen LogP contribution in [0.3, 0.4) is 0 Å². The fourth-order valence-electron chi connectivity index (χ4n) is 3.54. The van der Waals surface area contributed by atoms with E-state index in [1.54, 1.807) is 24.3 Å². The number of esters is 1. The predicted molar refractivity (Wildman–Crippen MR) is 131 cm³/mol. The number of hydrogen-bond acceptors (Lipinski definition) is 5. The van der Waals surface area contributed by atoms with Crippen LogP contribution in [-0.4, -0.2) is 26.3 Å². The van der Waals surface area contributed by atoms with Gasteiger partial charge in [0.2, 0.25) is 0 Å². The number of carbonyl (C=O) groups excluding carboxylic acids is 1. The Morgan fingerprint density at radius 2 is 1.11 bits per heavy atom. The number of hydrogen-bond donors (Lipinski definition) is 0. The molecule has 0 N–H and O–H groups in total. The highest BCUT2D eigenvalue weighted by Gasteiger charge is 2.23. The summed E-state index contributed by atoms with van der Waals surface area (Å²) in [5.41, 5.74) is 1.57. The molecule has 0 spiro atoms. The summed E-state index contributed by atoms with van der Waals surface area (Å²) in [5, 5.41) is 0. The average Bonchev–Trinajstić information content (AvgIpc) is 2.90. The van der Waals surface area contributed by atoms with E-state index in [0.717, 1.165) is 16.9 Å². The Morgan fingerprint density at radius 1 is 0.657 bits per heavy atom. The predicted octanol–water partition coefficient (Wildman–Crippen LogP) is 6.38. The third kappa shape index (κ3) is 6.60. The molecule has 0 saturated carbocycles. The molecule has 5 nitrogen and oxygen atoms in total. The van der Waals surface area contributed by atoms with Crippen molar-refractivity contribution in [1.29, 1.82) is 0 Å². The molecule has 1 atom stereocenters. The smallest absolute Gasteiger partial charge is 0.317 e. The molecule has 0 fully saturated rings. The normalized spacial score (nSPS) is 11.4. The van der Waals surface area contributed by atoms with Crippen LogP contribution in [0.2, 0.25) is 0 Å². The van der Waals surface area contributed by atoms with E-state index in [1.165, 1.54) is 19.2 Å². The van der Waals surface area contributed by atoms with E-state index in [2.05, 4.69) is 0 Å². The van der Waals surface area contributed by atoms with Gasteiger partial charge in [0.05, 0.1) is 7.11 Å². The van der Waals surface area contributed by atoms with Gasteiger partial charge in [-0.1, -0.05) is 42.5 Å². The van der Waals surface area contributed by atoms with Crippen molar-refractivity contribution in [3.8, 4) is 23.0 Å². The highest BCUT2D eigenvalue weighted by molar-refractivity contribution is 5.82. The van der Waals surface area contributed by atoms with Crippen molar-refractivity contribution < 1.29 is 28.1 Å². The van der Waals surface area contributed by atoms with E-state index >= 15 is 0 Å². The molecule has 35 heavy (non-hydrogen) atoms. The Balaban J connectivity index is 1.38. The average molecular weight is 473 g/mol. The first kappa shape index (κ1) is 23.8. The molecule has 0 heterocycles. The lowest BCUT2D eigenvalue weighted by molar-refractivity contribution is -0.141. The Labute approximate surface area is 203 Å². The van der Waals surface area contributed by atoms with Crippen LogP contribution in [-0.2, 0) is 9.53 Å². The van der Waals surface area contributed by atoms with E-state index in [1.807, 2.05) is 66.7 Å². The second-order valence-electron chi connectivity index (χ2n) is 7.66. The largest absolute Gasteiger partial charge is 0.490 e. The van der Waals surface area contributed by atoms with Crippen LogP contribution in [0.1, 0.15) is 17.0 Å². The molecule has 0 radical (unpaired) electrons. The van der Waals surface area contributed by atoms with Crippen molar-refractivity contribution in [2.24, 2.45) is 0 Å². The van der Waals surface area contributed by atoms with E-state index in [-0.39, 0.29) is 11.8 Å². The van der Waals surface area contributed by atoms with Crippen molar-refractivity contribution in [3.63, 3.8) is 0 Å². The SMILES string of the molecule is COC(=O)C(c1ccc(OCCOc2ccc(F)cc2)cc1)c1ccc(Oc2ccccc2)cc1. The van der Waals surface area contributed by atoms with E-state index < -0.39 is 5.92 Å². The van der Waals surface area contributed by atoms with Gasteiger partial charge in [-0.15, -0.1) is 0 Å². The third-order valence-electron chi connectivity index (χ3n) is 5.28. The summed E-state index contributed by atoms with van der Waals surface area (Å²) >= 11 is 0. The summed E-state index contributed by atoms with van der Waals surface area (Å²) in [4.78, 5) is 12.6. The summed E-state index contributed by atoms with van der Waals surface area (Å²) in [6, 6.07) is 30.0. The van der Waals surface area contributed by atoms with E-state index in [0.29, 0.717) is 30.5 Å². The standard InChI is InChI=1S/C29H25FO5/c1-32-29(31)28(22-9-15-27(16-10-22)35-26-5-3-2-4-6-26)21-7-13-24(14-8-21)33-19-20-34-25-17-11-23(30)12-18-25/h2-18,28H,19-20H2,1H3. The van der Waals surface area contributed by atoms with Crippen molar-refractivity contribution >= 4 is 5.97 Å². The molecule has 4 aromatic rings. The Kier molecular flexibility index (Phi) is 7.96. The molecule has 0 amide bonds. The molecule has 4 aromatic carbocycles. The maximum atomic E-state index is 13.0. The van der Waals surface area contributed by atoms with Crippen LogP contribution in [0.25, 0.3) is 0 Å². The molecule has 0 bridgehead atoms. The maximum Gasteiger partial charge on any atom is 0.317 e. The number of rotatable bonds is 10. The first-order chi connectivity index (χ1) is 17.1. The van der Waals surface area contributed by atoms with Gasteiger partial charge in [-0.05, 0) is 71.8 Å². The second-order valence-corrected chi connectivity index (χ2v) is 7.66. The molecule has 6 heteroatoms. The van der Waals surface area contributed by atoms with Crippen LogP contribution in [0.4, 0.5) is 4.39 Å². The zero-order chi connectivity index (χ0) is 24.5. The molecule has 0 aromatic heterocycles. The van der Waals surface area contributed by atoms with Gasteiger partial charge in [0, 0.05) is 0 Å². The number of benzene rings is 4. The first-order valence-corrected chi connectivity index (χ1v) is 11.1. The number of para-hydroxylation sites is 1. The molecule has 4 rings (SSSR count). The van der Waals surface area contributed by atoms with Crippen LogP contribution in [0.15, 0.2) is 103 Å². The van der Waals surface area contributed by atoms with Gasteiger partial charge >= 0.3 is 5.97 Å². The van der Waals surface area contributed by atoms with E-state index in [9.17, 15) is 9.18 Å². The first-order valence-electron chi connectivity index (χ1n) is 11.1. The molecule has 0 aliphatic rings. The van der Waals surface area contributed by atoms with Gasteiger partial charge in [-0.3, -0.25) is 4.79 Å². The van der Waals surface area contributed by atoms with Gasteiger partial charge in [-0.25, -0.2) is 4.39 Å². The Morgan fingerprint density at radius 3 is 1.63 bits per heavy atom. The van der Waals surface area contributed by atoms with Crippen LogP contribution < -0.4 is 14.2 Å². The topological polar surface area (TPSA) is 54.0 Å². The van der Waals surface area contributed by atoms with Crippen molar-refractivity contribution in [3.05, 3.63) is 120 Å². The lowest BCUT2D eigenvalue weighted by Gasteiger charge is -2.17. The monoisotopic (exact) mass is 472 g/mol. The quantitative estimate of drug-likeness (QED) is 0.198. The van der Waals surface area contributed by atoms with Crippen molar-refractivity contribution in [2.75, 3.05) is 20.3 Å². The van der Waals surface area contributed by atoms with E-state index in [4.69, 9.17) is 18.9 Å². The molecule has 0 aliphatic heterocycles. The fourth-order valence-corrected chi connectivity index (χ4v) is 3.54. The van der Waals surface area contributed by atoms with Crippen LogP contribution in [0.5, 0.6) is 23.0 Å². The number of halogens is 1. The minimum absolute atomic E-state index is 0.310. The second kappa shape index (κ2) is 11.7. The minimum atomic E-state index is -0.582. The summed E-state index contributed by atoms with van der Waals surface area (Å²) in [5.74, 6) is 1.39. The summed E-state index contributed by atoms with van der Waals surface area (Å²) in [6.07, 6.45) is 0. The lowest BCUT2D eigenvalue weighted by Crippen LogP contribution is -2.15. The van der Waals surface area contributed by atoms with Gasteiger partial charge in [0.25, 0.3) is 0 Å². The number of ether oxygens (including phenoxy) is 4. The maximum absolute atomic E-state index is 13.0. The van der Waals surface area contributed by atoms with Gasteiger partial charge in [0.1, 0.15) is 47.9 Å².